The first-order valence-corrected chi connectivity index (χ1v) is 6.05. The van der Waals surface area contributed by atoms with E-state index in [-0.39, 0.29) is 5.97 Å². The van der Waals surface area contributed by atoms with Crippen LogP contribution in [0.25, 0.3) is 0 Å². The van der Waals surface area contributed by atoms with E-state index in [1.807, 2.05) is 18.2 Å². The van der Waals surface area contributed by atoms with Crippen molar-refractivity contribution in [3.8, 4) is 0 Å². The minimum absolute atomic E-state index is 0.375. The third kappa shape index (κ3) is 2.92. The first-order chi connectivity index (χ1) is 8.81. The normalized spacial score (nSPS) is 10.5. The number of anilines is 1. The molecule has 0 aliphatic rings. The highest BCUT2D eigenvalue weighted by atomic mass is 32.1. The van der Waals surface area contributed by atoms with Crippen molar-refractivity contribution in [2.24, 2.45) is 5.10 Å². The van der Waals surface area contributed by atoms with E-state index >= 15 is 0 Å². The first kappa shape index (κ1) is 12.3. The number of carbonyl (C=O) groups is 1. The van der Waals surface area contributed by atoms with E-state index in [0.29, 0.717) is 10.6 Å². The molecular weight excluding hydrogens is 250 g/mol. The molecule has 0 atom stereocenters. The fraction of sp³-hybridized carbons (Fsp3) is 0.0833. The summed E-state index contributed by atoms with van der Waals surface area (Å²) in [6, 6.07) is 7.31. The zero-order chi connectivity index (χ0) is 12.8. The zero-order valence-corrected chi connectivity index (χ0v) is 10.5. The van der Waals surface area contributed by atoms with Gasteiger partial charge in [0.25, 0.3) is 0 Å². The van der Waals surface area contributed by atoms with Gasteiger partial charge in [0.15, 0.2) is 0 Å². The van der Waals surface area contributed by atoms with Crippen LogP contribution in [0.4, 0.5) is 5.69 Å². The largest absolute Gasteiger partial charge is 0.465 e. The number of pyridine rings is 1. The maximum absolute atomic E-state index is 11.4. The van der Waals surface area contributed by atoms with Crippen LogP contribution in [0.3, 0.4) is 0 Å². The Bertz CT molecular complexity index is 551. The van der Waals surface area contributed by atoms with Crippen molar-refractivity contribution in [1.82, 2.24) is 4.98 Å². The van der Waals surface area contributed by atoms with E-state index in [9.17, 15) is 4.79 Å². The summed E-state index contributed by atoms with van der Waals surface area (Å²) in [6.45, 7) is 0. The van der Waals surface area contributed by atoms with Gasteiger partial charge < -0.3 is 4.74 Å². The van der Waals surface area contributed by atoms with E-state index in [2.05, 4.69) is 20.2 Å². The Labute approximate surface area is 108 Å². The summed E-state index contributed by atoms with van der Waals surface area (Å²) in [5.74, 6) is -0.375. The lowest BCUT2D eigenvalue weighted by molar-refractivity contribution is 0.0607. The minimum atomic E-state index is -0.375. The summed E-state index contributed by atoms with van der Waals surface area (Å²) in [4.78, 5) is 16.0. The van der Waals surface area contributed by atoms with Crippen LogP contribution >= 0.6 is 11.3 Å². The van der Waals surface area contributed by atoms with E-state index < -0.39 is 0 Å². The lowest BCUT2D eigenvalue weighted by Gasteiger charge is -2.00. The third-order valence-corrected chi connectivity index (χ3v) is 3.00. The molecule has 0 amide bonds. The molecule has 2 rings (SSSR count). The van der Waals surface area contributed by atoms with E-state index in [1.54, 1.807) is 23.9 Å². The summed E-state index contributed by atoms with van der Waals surface area (Å²) in [6.07, 6.45) is 3.27. The van der Waals surface area contributed by atoms with Gasteiger partial charge in [0, 0.05) is 6.20 Å². The average Bonchev–Trinajstić information content (AvgIpc) is 2.87. The van der Waals surface area contributed by atoms with Gasteiger partial charge in [0.2, 0.25) is 0 Å². The van der Waals surface area contributed by atoms with Crippen molar-refractivity contribution in [2.75, 3.05) is 12.5 Å². The summed E-state index contributed by atoms with van der Waals surface area (Å²) in [5.41, 5.74) is 4.16. The van der Waals surface area contributed by atoms with Crippen molar-refractivity contribution in [3.63, 3.8) is 0 Å². The molecule has 2 aromatic rings. The average molecular weight is 261 g/mol. The molecule has 0 aliphatic carbocycles. The number of aromatic nitrogens is 1. The molecule has 0 spiro atoms. The number of nitrogens with zero attached hydrogens (tertiary/aromatic N) is 2. The van der Waals surface area contributed by atoms with Crippen molar-refractivity contribution in [2.45, 2.75) is 0 Å². The van der Waals surface area contributed by atoms with Crippen molar-refractivity contribution in [1.29, 1.82) is 0 Å². The molecule has 0 radical (unpaired) electrons. The van der Waals surface area contributed by atoms with Crippen LogP contribution in [0.5, 0.6) is 0 Å². The predicted molar refractivity (Wildman–Crippen MR) is 71.1 cm³/mol. The molecule has 5 nitrogen and oxygen atoms in total. The van der Waals surface area contributed by atoms with Crippen LogP contribution in [-0.4, -0.2) is 24.3 Å². The molecule has 0 fully saturated rings. The number of hydrazone groups is 1. The SMILES string of the molecule is COC(=O)c1sccc1N/N=C\c1ccccn1. The topological polar surface area (TPSA) is 63.6 Å². The number of esters is 1. The Balaban J connectivity index is 2.05. The van der Waals surface area contributed by atoms with E-state index in [1.165, 1.54) is 18.4 Å². The van der Waals surface area contributed by atoms with Crippen LogP contribution in [0.15, 0.2) is 40.9 Å². The molecule has 0 aromatic carbocycles. The second-order valence-corrected chi connectivity index (χ2v) is 4.20. The Hall–Kier alpha value is -2.21. The van der Waals surface area contributed by atoms with Gasteiger partial charge in [0.1, 0.15) is 4.88 Å². The number of nitrogens with one attached hydrogen (secondary N) is 1. The van der Waals surface area contributed by atoms with Crippen LogP contribution in [0, 0.1) is 0 Å². The summed E-state index contributed by atoms with van der Waals surface area (Å²) < 4.78 is 4.67. The van der Waals surface area contributed by atoms with E-state index in [4.69, 9.17) is 0 Å². The number of thiophene rings is 1. The second-order valence-electron chi connectivity index (χ2n) is 3.28. The summed E-state index contributed by atoms with van der Waals surface area (Å²) >= 11 is 1.30. The molecule has 6 heteroatoms. The molecule has 1 N–H and O–H groups in total. The fourth-order valence-corrected chi connectivity index (χ4v) is 2.03. The van der Waals surface area contributed by atoms with Gasteiger partial charge in [-0.2, -0.15) is 5.10 Å². The zero-order valence-electron chi connectivity index (χ0n) is 9.66. The maximum atomic E-state index is 11.4. The Kier molecular flexibility index (Phi) is 4.03. The quantitative estimate of drug-likeness (QED) is 0.521. The Morgan fingerprint density at radius 1 is 1.50 bits per heavy atom. The van der Waals surface area contributed by atoms with Crippen LogP contribution < -0.4 is 5.43 Å². The van der Waals surface area contributed by atoms with Crippen molar-refractivity contribution >= 4 is 29.2 Å². The summed E-state index contributed by atoms with van der Waals surface area (Å²) in [5, 5.41) is 5.82. The number of carbonyl (C=O) groups excluding carboxylic acids is 1. The summed E-state index contributed by atoms with van der Waals surface area (Å²) in [7, 11) is 1.35. The van der Waals surface area contributed by atoms with Crippen LogP contribution in [-0.2, 0) is 4.74 Å². The van der Waals surface area contributed by atoms with E-state index in [0.717, 1.165) is 5.69 Å². The standard InChI is InChI=1S/C12H11N3O2S/c1-17-12(16)11-10(5-7-18-11)15-14-8-9-4-2-3-6-13-9/h2-8,15H,1H3/b14-8-. The van der Waals surface area contributed by atoms with Gasteiger partial charge in [-0.15, -0.1) is 11.3 Å². The minimum Gasteiger partial charge on any atom is -0.465 e. The molecule has 2 heterocycles. The molecular formula is C12H11N3O2S. The third-order valence-electron chi connectivity index (χ3n) is 2.11. The Morgan fingerprint density at radius 3 is 3.11 bits per heavy atom. The van der Waals surface area contributed by atoms with Gasteiger partial charge in [-0.1, -0.05) is 6.07 Å². The number of hydrogen-bond donors (Lipinski definition) is 1. The number of hydrogen-bond acceptors (Lipinski definition) is 6. The van der Waals surface area contributed by atoms with Gasteiger partial charge in [-0.25, -0.2) is 4.79 Å². The Morgan fingerprint density at radius 2 is 2.39 bits per heavy atom. The molecule has 92 valence electrons. The second kappa shape index (κ2) is 5.92. The van der Waals surface area contributed by atoms with Gasteiger partial charge >= 0.3 is 5.97 Å². The number of rotatable bonds is 4. The molecule has 0 aliphatic heterocycles. The predicted octanol–water partition coefficient (Wildman–Crippen LogP) is 2.38. The molecule has 0 unspecified atom stereocenters. The molecule has 0 saturated carbocycles. The van der Waals surface area contributed by atoms with Crippen molar-refractivity contribution < 1.29 is 9.53 Å². The monoisotopic (exact) mass is 261 g/mol. The smallest absolute Gasteiger partial charge is 0.350 e. The van der Waals surface area contributed by atoms with Gasteiger partial charge in [-0.3, -0.25) is 10.4 Å². The highest BCUT2D eigenvalue weighted by molar-refractivity contribution is 7.12. The molecule has 18 heavy (non-hydrogen) atoms. The lowest BCUT2D eigenvalue weighted by Crippen LogP contribution is -2.02. The molecule has 2 aromatic heterocycles. The van der Waals surface area contributed by atoms with Gasteiger partial charge in [-0.05, 0) is 23.6 Å². The highest BCUT2D eigenvalue weighted by Crippen LogP contribution is 2.22. The highest BCUT2D eigenvalue weighted by Gasteiger charge is 2.12. The molecule has 0 saturated heterocycles. The lowest BCUT2D eigenvalue weighted by atomic mass is 10.4. The van der Waals surface area contributed by atoms with Crippen LogP contribution in [0.2, 0.25) is 0 Å². The first-order valence-electron chi connectivity index (χ1n) is 5.17. The van der Waals surface area contributed by atoms with Crippen molar-refractivity contribution in [3.05, 3.63) is 46.4 Å². The number of ether oxygens (including phenoxy) is 1. The van der Waals surface area contributed by atoms with Gasteiger partial charge in [0.05, 0.1) is 24.7 Å². The number of methoxy groups -OCH3 is 1. The maximum Gasteiger partial charge on any atom is 0.350 e. The van der Waals surface area contributed by atoms with Crippen LogP contribution in [0.1, 0.15) is 15.4 Å². The fourth-order valence-electron chi connectivity index (χ4n) is 1.27. The molecule has 0 bridgehead atoms.